The van der Waals surface area contributed by atoms with Gasteiger partial charge in [0.15, 0.2) is 0 Å². The number of hydrogen-bond acceptors (Lipinski definition) is 4. The molecule has 0 radical (unpaired) electrons. The van der Waals surface area contributed by atoms with Crippen molar-refractivity contribution in [3.05, 3.63) is 59.4 Å². The summed E-state index contributed by atoms with van der Waals surface area (Å²) in [6, 6.07) is 10.6. The Kier molecular flexibility index (Phi) is 6.31. The molecule has 0 saturated carbocycles. The first-order valence-corrected chi connectivity index (χ1v) is 7.62. The minimum absolute atomic E-state index is 0.324. The number of rotatable bonds is 7. The van der Waals surface area contributed by atoms with Gasteiger partial charge in [-0.25, -0.2) is 9.82 Å². The normalized spacial score (nSPS) is 10.6. The predicted molar refractivity (Wildman–Crippen MR) is 90.2 cm³/mol. The van der Waals surface area contributed by atoms with E-state index in [4.69, 9.17) is 9.47 Å². The van der Waals surface area contributed by atoms with Crippen LogP contribution in [0.3, 0.4) is 0 Å². The molecule has 2 aromatic carbocycles. The third-order valence-electron chi connectivity index (χ3n) is 3.07. The Hall–Kier alpha value is -2.89. The highest BCUT2D eigenvalue weighted by molar-refractivity contribution is 5.95. The SMILES string of the molecule is CCOc1ccc(/C=N/NC(=O)c2ccc(F)cc2)c(OCC)c1. The molecule has 6 heteroatoms. The van der Waals surface area contributed by atoms with Crippen molar-refractivity contribution in [1.82, 2.24) is 5.43 Å². The quantitative estimate of drug-likeness (QED) is 0.625. The van der Waals surface area contributed by atoms with Crippen molar-refractivity contribution < 1.29 is 18.7 Å². The van der Waals surface area contributed by atoms with Crippen molar-refractivity contribution in [2.24, 2.45) is 5.10 Å². The number of amides is 1. The van der Waals surface area contributed by atoms with Gasteiger partial charge in [0, 0.05) is 17.2 Å². The topological polar surface area (TPSA) is 59.9 Å². The largest absolute Gasteiger partial charge is 0.494 e. The van der Waals surface area contributed by atoms with Crippen LogP contribution in [0, 0.1) is 5.82 Å². The van der Waals surface area contributed by atoms with Gasteiger partial charge in [-0.1, -0.05) is 0 Å². The van der Waals surface area contributed by atoms with Crippen molar-refractivity contribution in [2.45, 2.75) is 13.8 Å². The van der Waals surface area contributed by atoms with Gasteiger partial charge < -0.3 is 9.47 Å². The third kappa shape index (κ3) is 4.81. The molecular formula is C18H19FN2O3. The highest BCUT2D eigenvalue weighted by atomic mass is 19.1. The number of nitrogens with one attached hydrogen (secondary N) is 1. The van der Waals surface area contributed by atoms with Gasteiger partial charge in [0.25, 0.3) is 5.91 Å². The van der Waals surface area contributed by atoms with E-state index < -0.39 is 11.7 Å². The van der Waals surface area contributed by atoms with E-state index >= 15 is 0 Å². The fourth-order valence-corrected chi connectivity index (χ4v) is 1.98. The summed E-state index contributed by atoms with van der Waals surface area (Å²) < 4.78 is 23.8. The molecule has 0 aliphatic rings. The molecule has 1 amide bonds. The molecule has 0 heterocycles. The molecule has 0 aromatic heterocycles. The van der Waals surface area contributed by atoms with Crippen LogP contribution < -0.4 is 14.9 Å². The van der Waals surface area contributed by atoms with E-state index in [0.29, 0.717) is 35.8 Å². The van der Waals surface area contributed by atoms with Crippen LogP contribution in [0.4, 0.5) is 4.39 Å². The third-order valence-corrected chi connectivity index (χ3v) is 3.07. The number of hydrazone groups is 1. The molecule has 0 unspecified atom stereocenters. The summed E-state index contributed by atoms with van der Waals surface area (Å²) in [5, 5.41) is 3.92. The number of nitrogens with zero attached hydrogens (tertiary/aromatic N) is 1. The fraction of sp³-hybridized carbons (Fsp3) is 0.222. The maximum absolute atomic E-state index is 12.8. The summed E-state index contributed by atoms with van der Waals surface area (Å²) in [6.07, 6.45) is 1.49. The Morgan fingerprint density at radius 2 is 1.83 bits per heavy atom. The summed E-state index contributed by atoms with van der Waals surface area (Å²) in [5.41, 5.74) is 3.43. The summed E-state index contributed by atoms with van der Waals surface area (Å²) in [5.74, 6) is 0.498. The van der Waals surface area contributed by atoms with E-state index in [0.717, 1.165) is 0 Å². The Labute approximate surface area is 140 Å². The first-order valence-electron chi connectivity index (χ1n) is 7.62. The molecular weight excluding hydrogens is 311 g/mol. The van der Waals surface area contributed by atoms with E-state index in [9.17, 15) is 9.18 Å². The average molecular weight is 330 g/mol. The Bertz CT molecular complexity index is 715. The van der Waals surface area contributed by atoms with Gasteiger partial charge in [0.1, 0.15) is 17.3 Å². The van der Waals surface area contributed by atoms with Crippen molar-refractivity contribution in [1.29, 1.82) is 0 Å². The van der Waals surface area contributed by atoms with Crippen LogP contribution >= 0.6 is 0 Å². The maximum Gasteiger partial charge on any atom is 0.271 e. The molecule has 0 aliphatic carbocycles. The van der Waals surface area contributed by atoms with Crippen LogP contribution in [0.1, 0.15) is 29.8 Å². The molecule has 0 atom stereocenters. The predicted octanol–water partition coefficient (Wildman–Crippen LogP) is 3.39. The zero-order valence-corrected chi connectivity index (χ0v) is 13.6. The van der Waals surface area contributed by atoms with Crippen molar-refractivity contribution in [2.75, 3.05) is 13.2 Å². The van der Waals surface area contributed by atoms with Gasteiger partial charge in [0.2, 0.25) is 0 Å². The molecule has 0 fully saturated rings. The summed E-state index contributed by atoms with van der Waals surface area (Å²) >= 11 is 0. The number of hydrogen-bond donors (Lipinski definition) is 1. The van der Waals surface area contributed by atoms with Crippen LogP contribution in [0.5, 0.6) is 11.5 Å². The van der Waals surface area contributed by atoms with E-state index in [-0.39, 0.29) is 0 Å². The van der Waals surface area contributed by atoms with Gasteiger partial charge in [-0.2, -0.15) is 5.10 Å². The molecule has 0 bridgehead atoms. The second-order valence-corrected chi connectivity index (χ2v) is 4.77. The monoisotopic (exact) mass is 330 g/mol. The van der Waals surface area contributed by atoms with Gasteiger partial charge in [0.05, 0.1) is 19.4 Å². The number of benzene rings is 2. The second-order valence-electron chi connectivity index (χ2n) is 4.77. The smallest absolute Gasteiger partial charge is 0.271 e. The lowest BCUT2D eigenvalue weighted by atomic mass is 10.2. The van der Waals surface area contributed by atoms with E-state index in [1.54, 1.807) is 18.2 Å². The molecule has 24 heavy (non-hydrogen) atoms. The fourth-order valence-electron chi connectivity index (χ4n) is 1.98. The highest BCUT2D eigenvalue weighted by Crippen LogP contribution is 2.23. The van der Waals surface area contributed by atoms with Crippen LogP contribution in [0.2, 0.25) is 0 Å². The van der Waals surface area contributed by atoms with Crippen LogP contribution in [0.25, 0.3) is 0 Å². The standard InChI is InChI=1S/C18H19FN2O3/c1-3-23-16-10-7-14(17(11-16)24-4-2)12-20-21-18(22)13-5-8-15(19)9-6-13/h5-12H,3-4H2,1-2H3,(H,21,22)/b20-12+. The zero-order valence-electron chi connectivity index (χ0n) is 13.6. The van der Waals surface area contributed by atoms with Crippen LogP contribution in [0.15, 0.2) is 47.6 Å². The Balaban J connectivity index is 2.07. The highest BCUT2D eigenvalue weighted by Gasteiger charge is 2.06. The average Bonchev–Trinajstić information content (AvgIpc) is 2.58. The van der Waals surface area contributed by atoms with Gasteiger partial charge in [-0.15, -0.1) is 0 Å². The minimum Gasteiger partial charge on any atom is -0.494 e. The molecule has 0 aliphatic heterocycles. The molecule has 1 N–H and O–H groups in total. The van der Waals surface area contributed by atoms with Gasteiger partial charge >= 0.3 is 0 Å². The molecule has 126 valence electrons. The minimum atomic E-state index is -0.421. The number of carbonyl (C=O) groups excluding carboxylic acids is 1. The van der Waals surface area contributed by atoms with Crippen molar-refractivity contribution in [3.63, 3.8) is 0 Å². The van der Waals surface area contributed by atoms with E-state index in [2.05, 4.69) is 10.5 Å². The summed E-state index contributed by atoms with van der Waals surface area (Å²) in [7, 11) is 0. The van der Waals surface area contributed by atoms with Crippen LogP contribution in [-0.2, 0) is 0 Å². The molecule has 2 rings (SSSR count). The first-order chi connectivity index (χ1) is 11.6. The number of carbonyl (C=O) groups is 1. The second kappa shape index (κ2) is 8.67. The molecule has 2 aromatic rings. The molecule has 0 spiro atoms. The zero-order chi connectivity index (χ0) is 17.4. The maximum atomic E-state index is 12.8. The summed E-state index contributed by atoms with van der Waals surface area (Å²) in [6.45, 7) is 4.84. The van der Waals surface area contributed by atoms with Crippen molar-refractivity contribution in [3.8, 4) is 11.5 Å². The van der Waals surface area contributed by atoms with Gasteiger partial charge in [-0.05, 0) is 50.2 Å². The first kappa shape index (κ1) is 17.5. The lowest BCUT2D eigenvalue weighted by molar-refractivity contribution is 0.0955. The molecule has 0 saturated heterocycles. The number of ether oxygens (including phenoxy) is 2. The Morgan fingerprint density at radius 1 is 1.12 bits per heavy atom. The number of halogens is 1. The summed E-state index contributed by atoms with van der Waals surface area (Å²) in [4.78, 5) is 11.9. The lowest BCUT2D eigenvalue weighted by Gasteiger charge is -2.10. The van der Waals surface area contributed by atoms with E-state index in [1.165, 1.54) is 30.5 Å². The van der Waals surface area contributed by atoms with Crippen molar-refractivity contribution >= 4 is 12.1 Å². The Morgan fingerprint density at radius 3 is 2.50 bits per heavy atom. The van der Waals surface area contributed by atoms with Crippen LogP contribution in [-0.4, -0.2) is 25.3 Å². The van der Waals surface area contributed by atoms with E-state index in [1.807, 2.05) is 13.8 Å². The molecule has 5 nitrogen and oxygen atoms in total. The van der Waals surface area contributed by atoms with Gasteiger partial charge in [-0.3, -0.25) is 4.79 Å². The lowest BCUT2D eigenvalue weighted by Crippen LogP contribution is -2.17.